The number of rotatable bonds is 47. The van der Waals surface area contributed by atoms with Crippen LogP contribution in [0.2, 0.25) is 0 Å². The number of Topliss-reactive ketones (excluding diaryl/α,β-unsaturated/α-hetero) is 2. The van der Waals surface area contributed by atoms with E-state index in [-0.39, 0.29) is 132 Å². The lowest BCUT2D eigenvalue weighted by molar-refractivity contribution is -0.438. The number of benzene rings is 3. The molecule has 0 saturated heterocycles. The van der Waals surface area contributed by atoms with Gasteiger partial charge in [-0.25, -0.2) is 14.4 Å². The Hall–Kier alpha value is -9.70. The molecule has 3 aromatic rings. The van der Waals surface area contributed by atoms with Crippen molar-refractivity contribution in [3.8, 4) is 5.75 Å². The second kappa shape index (κ2) is 41.9. The largest absolute Gasteiger partial charge is 0.481 e. The standard InChI is InChI=1S/C78H110N12O15S/c1-6-7-16-47-89-63-30-14-12-27-58(63)77(2,3)66(89)42-36-53-23-19-24-54(37-43-67-78(4,5)59-28-13-15-31-64(59)90(67)48-17-18-49-106(102,103)104)70(53)105-57-39-34-52(35-40-57)50-62(73(99)100)87-71(96)55(25-20-44-83-74(79)80)51-65(92)60(29-21-45-84-75(81)82)86-68(93)32-11-9-8-10-26-56(91)38-41-61(72(97)98)88-76(101)85-46-22-33-69(94)95/h12-15,27-28,30-31,34-37,39-40,42-43,55,60-62H,6-11,16-26,29,32-33,38,41,44-51H2,1-5H3,(H15-,79,80,81,82,83,84,85,86,87,88,93,94,95,96,97,98,99,100,101,102,103,104)/p+1/t55-,60+,61-,62-/m1/s1. The maximum absolute atomic E-state index is 14.4. The van der Waals surface area contributed by atoms with Gasteiger partial charge in [0, 0.05) is 112 Å². The number of nitrogens with one attached hydrogen (secondary N) is 4. The molecule has 16 N–H and O–H groups in total. The van der Waals surface area contributed by atoms with Gasteiger partial charge in [-0.15, -0.1) is 0 Å². The predicted molar refractivity (Wildman–Crippen MR) is 409 cm³/mol. The molecule has 2 heterocycles. The van der Waals surface area contributed by atoms with E-state index in [4.69, 9.17) is 32.8 Å². The molecule has 0 fully saturated rings. The molecule has 578 valence electrons. The second-order valence-electron chi connectivity index (χ2n) is 28.5. The average molecular weight is 1490 g/mol. The van der Waals surface area contributed by atoms with Crippen molar-refractivity contribution in [2.75, 3.05) is 43.4 Å². The van der Waals surface area contributed by atoms with Gasteiger partial charge < -0.3 is 69.2 Å². The molecule has 4 amide bonds. The Morgan fingerprint density at radius 2 is 1.32 bits per heavy atom. The van der Waals surface area contributed by atoms with Crippen LogP contribution in [0.1, 0.15) is 199 Å². The van der Waals surface area contributed by atoms with Gasteiger partial charge in [-0.1, -0.05) is 94.6 Å². The third-order valence-electron chi connectivity index (χ3n) is 19.4. The Morgan fingerprint density at radius 3 is 1.98 bits per heavy atom. The minimum Gasteiger partial charge on any atom is -0.481 e. The number of aliphatic carboxylic acids is 3. The van der Waals surface area contributed by atoms with Crippen LogP contribution in [0.5, 0.6) is 5.75 Å². The van der Waals surface area contributed by atoms with Crippen LogP contribution in [-0.2, 0) is 60.9 Å². The number of carbonyl (C=O) groups is 8. The van der Waals surface area contributed by atoms with E-state index in [1.165, 1.54) is 17.0 Å². The molecule has 28 heteroatoms. The van der Waals surface area contributed by atoms with E-state index in [0.29, 0.717) is 68.6 Å². The van der Waals surface area contributed by atoms with E-state index >= 15 is 0 Å². The maximum atomic E-state index is 14.4. The highest BCUT2D eigenvalue weighted by molar-refractivity contribution is 7.85. The Kier molecular flexibility index (Phi) is 33.7. The highest BCUT2D eigenvalue weighted by atomic mass is 32.2. The fraction of sp³-hybridized carbons (Fsp3) is 0.526. The number of nitrogens with two attached hydrogens (primary N) is 4. The highest BCUT2D eigenvalue weighted by Gasteiger charge is 2.44. The number of hydrogen-bond donors (Lipinski definition) is 12. The van der Waals surface area contributed by atoms with Gasteiger partial charge in [0.15, 0.2) is 23.4 Å². The quantitative estimate of drug-likeness (QED) is 0.00823. The van der Waals surface area contributed by atoms with E-state index < -0.39 is 81.1 Å². The molecule has 0 spiro atoms. The summed E-state index contributed by atoms with van der Waals surface area (Å²) < 4.78 is 42.5. The van der Waals surface area contributed by atoms with Gasteiger partial charge >= 0.3 is 23.9 Å². The molecule has 6 rings (SSSR count). The number of para-hydroxylation sites is 2. The van der Waals surface area contributed by atoms with Gasteiger partial charge in [-0.2, -0.15) is 13.0 Å². The summed E-state index contributed by atoms with van der Waals surface area (Å²) in [6.45, 7) is 12.7. The fourth-order valence-electron chi connectivity index (χ4n) is 13.7. The Labute approximate surface area is 622 Å². The summed E-state index contributed by atoms with van der Waals surface area (Å²) in [6, 6.07) is 19.1. The van der Waals surface area contributed by atoms with Crippen molar-refractivity contribution in [3.63, 3.8) is 0 Å². The summed E-state index contributed by atoms with van der Waals surface area (Å²) in [6.07, 6.45) is 16.9. The van der Waals surface area contributed by atoms with Gasteiger partial charge in [0.1, 0.15) is 35.9 Å². The number of hydrogen-bond acceptors (Lipinski definition) is 14. The smallest absolute Gasteiger partial charge is 0.326 e. The first-order valence-electron chi connectivity index (χ1n) is 37.0. The average Bonchev–Trinajstić information content (AvgIpc) is 1.60. The van der Waals surface area contributed by atoms with E-state index in [2.05, 4.69) is 136 Å². The molecule has 2 aliphatic heterocycles. The number of anilines is 1. The summed E-state index contributed by atoms with van der Waals surface area (Å²) in [7, 11) is -4.13. The Balaban J connectivity index is 1.18. The topological polar surface area (TPSA) is 444 Å². The first-order valence-corrected chi connectivity index (χ1v) is 38.6. The third kappa shape index (κ3) is 27.0. The van der Waals surface area contributed by atoms with Crippen LogP contribution in [0.25, 0.3) is 0 Å². The summed E-state index contributed by atoms with van der Waals surface area (Å²) >= 11 is 0. The lowest BCUT2D eigenvalue weighted by atomic mass is 9.81. The molecule has 0 saturated carbocycles. The highest BCUT2D eigenvalue weighted by Crippen LogP contribution is 2.48. The van der Waals surface area contributed by atoms with E-state index in [9.17, 15) is 61.5 Å². The number of urea groups is 1. The van der Waals surface area contributed by atoms with Crippen LogP contribution in [0, 0.1) is 5.92 Å². The van der Waals surface area contributed by atoms with Crippen molar-refractivity contribution in [2.24, 2.45) is 38.8 Å². The minimum absolute atomic E-state index is 0.0213. The number of carboxylic acids is 3. The number of amides is 4. The molecule has 3 aromatic carbocycles. The number of nitrogens with zero attached hydrogens (tertiary/aromatic N) is 4. The number of guanidine groups is 2. The molecule has 1 aliphatic carbocycles. The van der Waals surface area contributed by atoms with Gasteiger partial charge in [0.25, 0.3) is 10.1 Å². The Morgan fingerprint density at radius 1 is 0.660 bits per heavy atom. The molecule has 106 heavy (non-hydrogen) atoms. The Bertz CT molecular complexity index is 3910. The number of carbonyl (C=O) groups excluding carboxylic acids is 5. The van der Waals surface area contributed by atoms with Crippen molar-refractivity contribution in [1.82, 2.24) is 21.3 Å². The number of ketones is 2. The molecular weight excluding hydrogens is 1380 g/mol. The summed E-state index contributed by atoms with van der Waals surface area (Å²) in [5.41, 5.74) is 30.9. The van der Waals surface area contributed by atoms with E-state index in [1.807, 2.05) is 12.1 Å². The predicted octanol–water partition coefficient (Wildman–Crippen LogP) is 9.19. The van der Waals surface area contributed by atoms with Crippen molar-refractivity contribution in [1.29, 1.82) is 0 Å². The number of aliphatic imine (C=N–C) groups is 2. The second-order valence-corrected chi connectivity index (χ2v) is 30.0. The number of allylic oxidation sites excluding steroid dienone is 7. The van der Waals surface area contributed by atoms with Gasteiger partial charge in [0.2, 0.25) is 17.5 Å². The fourth-order valence-corrected chi connectivity index (χ4v) is 14.3. The zero-order valence-electron chi connectivity index (χ0n) is 62.0. The van der Waals surface area contributed by atoms with Crippen LogP contribution in [0.15, 0.2) is 130 Å². The van der Waals surface area contributed by atoms with Crippen LogP contribution in [0.4, 0.5) is 16.2 Å². The monoisotopic (exact) mass is 1490 g/mol. The number of unbranched alkanes of at least 4 members (excludes halogenated alkanes) is 6. The van der Waals surface area contributed by atoms with Crippen LogP contribution >= 0.6 is 0 Å². The van der Waals surface area contributed by atoms with Crippen LogP contribution in [-0.4, -0.2) is 154 Å². The van der Waals surface area contributed by atoms with Gasteiger partial charge in [-0.3, -0.25) is 38.5 Å². The van der Waals surface area contributed by atoms with Gasteiger partial charge in [0.05, 0.1) is 17.2 Å². The van der Waals surface area contributed by atoms with Crippen molar-refractivity contribution in [2.45, 2.75) is 218 Å². The lowest BCUT2D eigenvalue weighted by Gasteiger charge is -2.27. The minimum atomic E-state index is -4.13. The summed E-state index contributed by atoms with van der Waals surface area (Å²) in [5.74, 6) is -6.13. The molecule has 4 atom stereocenters. The van der Waals surface area contributed by atoms with Crippen molar-refractivity contribution >= 4 is 86.4 Å². The van der Waals surface area contributed by atoms with Crippen LogP contribution in [0.3, 0.4) is 0 Å². The lowest BCUT2D eigenvalue weighted by Crippen LogP contribution is -2.47. The molecule has 0 unspecified atom stereocenters. The SMILES string of the molecule is CCCCC[N+]1=C(C=CC2=C(Oc3ccc(C[C@@H](NC(=O)[C@H](CCCN=C(N)N)CC(=O)[C@H](CCCN=C(N)N)NC(=O)CCCCCCC(=O)CC[C@@H](NC(=O)NCCCC(=O)O)C(=O)O)C(=O)O)cc3)C(=CC=C3N(CCCCS(=O)(=O)O)c4ccccc4C3(C)C)CCC2)C(C)(C)c2ccccc21. The number of fused-ring (bicyclic) bond motifs is 2. The molecule has 0 radical (unpaired) electrons. The molecule has 0 bridgehead atoms. The first kappa shape index (κ1) is 85.2. The van der Waals surface area contributed by atoms with Gasteiger partial charge in [-0.05, 0) is 156 Å². The zero-order chi connectivity index (χ0) is 77.6. The number of ether oxygens (including phenoxy) is 1. The first-order chi connectivity index (χ1) is 50.4. The van der Waals surface area contributed by atoms with Crippen molar-refractivity contribution < 1.29 is 76.0 Å². The zero-order valence-corrected chi connectivity index (χ0v) is 62.9. The van der Waals surface area contributed by atoms with Crippen molar-refractivity contribution in [3.05, 3.63) is 136 Å². The van der Waals surface area contributed by atoms with E-state index in [0.717, 1.165) is 60.3 Å². The third-order valence-corrected chi connectivity index (χ3v) is 20.3. The summed E-state index contributed by atoms with van der Waals surface area (Å²) in [5, 5.41) is 39.3. The summed E-state index contributed by atoms with van der Waals surface area (Å²) in [4.78, 5) is 113. The van der Waals surface area contributed by atoms with Crippen LogP contribution < -0.4 is 53.8 Å². The molecular formula is C78H111N12O15S+. The molecule has 3 aliphatic rings. The number of carboxylic acid groups (broad SMARTS) is 3. The normalized spacial score (nSPS) is 16.3. The maximum Gasteiger partial charge on any atom is 0.326 e. The molecule has 27 nitrogen and oxygen atoms in total. The van der Waals surface area contributed by atoms with E-state index in [1.54, 1.807) is 24.3 Å². The molecule has 0 aromatic heterocycles.